The van der Waals surface area contributed by atoms with E-state index in [4.69, 9.17) is 0 Å². The standard InChI is InChI=1S/C15H24N4O/c1-4-12-8-11(9-14(16-2)18-12)15(20)17-10-13-6-5-7-19(13)3/h8-9,13H,4-7,10H2,1-3H3,(H,16,18)(H,17,20). The molecule has 0 spiro atoms. The van der Waals surface area contributed by atoms with Gasteiger partial charge in [0.2, 0.25) is 0 Å². The van der Waals surface area contributed by atoms with Crippen molar-refractivity contribution >= 4 is 11.7 Å². The maximum absolute atomic E-state index is 12.3. The minimum atomic E-state index is -0.0149. The number of likely N-dealkylation sites (tertiary alicyclic amines) is 1. The Morgan fingerprint density at radius 2 is 2.30 bits per heavy atom. The third-order valence-electron chi connectivity index (χ3n) is 3.93. The Hall–Kier alpha value is -1.62. The fourth-order valence-electron chi connectivity index (χ4n) is 2.58. The van der Waals surface area contributed by atoms with Crippen molar-refractivity contribution in [3.63, 3.8) is 0 Å². The minimum absolute atomic E-state index is 0.0149. The molecule has 2 heterocycles. The van der Waals surface area contributed by atoms with Gasteiger partial charge in [0.05, 0.1) is 0 Å². The lowest BCUT2D eigenvalue weighted by atomic mass is 10.1. The second kappa shape index (κ2) is 6.70. The Labute approximate surface area is 120 Å². The second-order valence-corrected chi connectivity index (χ2v) is 5.32. The van der Waals surface area contributed by atoms with Crippen LogP contribution in [0, 0.1) is 0 Å². The number of hydrogen-bond donors (Lipinski definition) is 2. The molecule has 0 radical (unpaired) electrons. The highest BCUT2D eigenvalue weighted by Gasteiger charge is 2.21. The Kier molecular flexibility index (Phi) is 4.95. The van der Waals surface area contributed by atoms with Crippen LogP contribution >= 0.6 is 0 Å². The molecule has 1 aromatic heterocycles. The summed E-state index contributed by atoms with van der Waals surface area (Å²) in [6.07, 6.45) is 3.20. The largest absolute Gasteiger partial charge is 0.373 e. The van der Waals surface area contributed by atoms with Crippen LogP contribution in [0.1, 0.15) is 35.8 Å². The molecule has 1 fully saturated rings. The van der Waals surface area contributed by atoms with E-state index in [0.29, 0.717) is 18.2 Å². The van der Waals surface area contributed by atoms with E-state index in [9.17, 15) is 4.79 Å². The Morgan fingerprint density at radius 3 is 2.90 bits per heavy atom. The van der Waals surface area contributed by atoms with E-state index in [1.54, 1.807) is 6.07 Å². The fourth-order valence-corrected chi connectivity index (χ4v) is 2.58. The van der Waals surface area contributed by atoms with Crippen LogP contribution in [0.3, 0.4) is 0 Å². The van der Waals surface area contributed by atoms with E-state index < -0.39 is 0 Å². The average Bonchev–Trinajstić information content (AvgIpc) is 2.89. The SMILES string of the molecule is CCc1cc(C(=O)NCC2CCCN2C)cc(NC)n1. The van der Waals surface area contributed by atoms with Gasteiger partial charge in [0.1, 0.15) is 5.82 Å². The number of anilines is 1. The quantitative estimate of drug-likeness (QED) is 0.856. The summed E-state index contributed by atoms with van der Waals surface area (Å²) >= 11 is 0. The number of amides is 1. The second-order valence-electron chi connectivity index (χ2n) is 5.32. The molecule has 1 aliphatic heterocycles. The van der Waals surface area contributed by atoms with E-state index in [1.807, 2.05) is 20.0 Å². The highest BCUT2D eigenvalue weighted by atomic mass is 16.1. The van der Waals surface area contributed by atoms with Gasteiger partial charge in [-0.25, -0.2) is 4.98 Å². The number of aryl methyl sites for hydroxylation is 1. The van der Waals surface area contributed by atoms with Gasteiger partial charge in [-0.05, 0) is 45.0 Å². The Bertz CT molecular complexity index is 453. The zero-order valence-electron chi connectivity index (χ0n) is 12.6. The summed E-state index contributed by atoms with van der Waals surface area (Å²) in [7, 11) is 3.93. The highest BCUT2D eigenvalue weighted by molar-refractivity contribution is 5.95. The Balaban J connectivity index is 2.01. The van der Waals surface area contributed by atoms with Gasteiger partial charge in [-0.3, -0.25) is 4.79 Å². The summed E-state index contributed by atoms with van der Waals surface area (Å²) in [5.41, 5.74) is 1.61. The topological polar surface area (TPSA) is 57.3 Å². The summed E-state index contributed by atoms with van der Waals surface area (Å²) in [4.78, 5) is 19.0. The molecule has 1 unspecified atom stereocenters. The molecule has 2 rings (SSSR count). The van der Waals surface area contributed by atoms with Crippen molar-refractivity contribution in [2.24, 2.45) is 0 Å². The molecular weight excluding hydrogens is 252 g/mol. The normalized spacial score (nSPS) is 19.1. The highest BCUT2D eigenvalue weighted by Crippen LogP contribution is 2.14. The van der Waals surface area contributed by atoms with Crippen molar-refractivity contribution in [3.05, 3.63) is 23.4 Å². The molecule has 1 aliphatic rings. The molecule has 0 saturated carbocycles. The first-order valence-electron chi connectivity index (χ1n) is 7.31. The monoisotopic (exact) mass is 276 g/mol. The third-order valence-corrected chi connectivity index (χ3v) is 3.93. The van der Waals surface area contributed by atoms with E-state index in [-0.39, 0.29) is 5.91 Å². The van der Waals surface area contributed by atoms with E-state index in [1.165, 1.54) is 6.42 Å². The molecule has 5 heteroatoms. The van der Waals surface area contributed by atoms with Crippen LogP contribution in [0.25, 0.3) is 0 Å². The summed E-state index contributed by atoms with van der Waals surface area (Å²) in [6.45, 7) is 3.88. The van der Waals surface area contributed by atoms with Crippen LogP contribution in [0.15, 0.2) is 12.1 Å². The van der Waals surface area contributed by atoms with Gasteiger partial charge in [-0.2, -0.15) is 0 Å². The lowest BCUT2D eigenvalue weighted by Gasteiger charge is -2.19. The predicted molar refractivity (Wildman–Crippen MR) is 81.1 cm³/mol. The van der Waals surface area contributed by atoms with Gasteiger partial charge in [-0.15, -0.1) is 0 Å². The van der Waals surface area contributed by atoms with Crippen LogP contribution in [-0.4, -0.2) is 49.0 Å². The van der Waals surface area contributed by atoms with Gasteiger partial charge in [0, 0.05) is 30.9 Å². The van der Waals surface area contributed by atoms with Gasteiger partial charge in [-0.1, -0.05) is 6.92 Å². The molecule has 110 valence electrons. The zero-order chi connectivity index (χ0) is 14.5. The first-order chi connectivity index (χ1) is 9.63. The summed E-state index contributed by atoms with van der Waals surface area (Å²) in [5.74, 6) is 0.728. The summed E-state index contributed by atoms with van der Waals surface area (Å²) in [5, 5.41) is 6.04. The van der Waals surface area contributed by atoms with Crippen LogP contribution in [0.4, 0.5) is 5.82 Å². The van der Waals surface area contributed by atoms with Crippen molar-refractivity contribution in [1.29, 1.82) is 0 Å². The van der Waals surface area contributed by atoms with Gasteiger partial charge < -0.3 is 15.5 Å². The number of nitrogens with one attached hydrogen (secondary N) is 2. The Morgan fingerprint density at radius 1 is 1.50 bits per heavy atom. The molecule has 1 amide bonds. The maximum atomic E-state index is 12.3. The van der Waals surface area contributed by atoms with Crippen LogP contribution in [0.2, 0.25) is 0 Å². The molecule has 1 aromatic rings. The summed E-state index contributed by atoms with van der Waals surface area (Å²) < 4.78 is 0. The molecule has 5 nitrogen and oxygen atoms in total. The molecule has 0 aliphatic carbocycles. The number of nitrogens with zero attached hydrogens (tertiary/aromatic N) is 2. The van der Waals surface area contributed by atoms with Crippen LogP contribution < -0.4 is 10.6 Å². The fraction of sp³-hybridized carbons (Fsp3) is 0.600. The number of pyridine rings is 1. The first kappa shape index (κ1) is 14.8. The van der Waals surface area contributed by atoms with Gasteiger partial charge in [0.15, 0.2) is 0 Å². The number of carbonyl (C=O) groups is 1. The van der Waals surface area contributed by atoms with E-state index >= 15 is 0 Å². The van der Waals surface area contributed by atoms with Gasteiger partial charge in [0.25, 0.3) is 5.91 Å². The number of hydrogen-bond acceptors (Lipinski definition) is 4. The smallest absolute Gasteiger partial charge is 0.251 e. The first-order valence-corrected chi connectivity index (χ1v) is 7.31. The van der Waals surface area contributed by atoms with Crippen LogP contribution in [-0.2, 0) is 6.42 Å². The maximum Gasteiger partial charge on any atom is 0.251 e. The molecular formula is C15H24N4O. The lowest BCUT2D eigenvalue weighted by molar-refractivity contribution is 0.0943. The van der Waals surface area contributed by atoms with Crippen molar-refractivity contribution in [1.82, 2.24) is 15.2 Å². The van der Waals surface area contributed by atoms with E-state index in [2.05, 4.69) is 27.6 Å². The zero-order valence-corrected chi connectivity index (χ0v) is 12.6. The number of likely N-dealkylation sites (N-methyl/N-ethyl adjacent to an activating group) is 1. The van der Waals surface area contributed by atoms with Crippen molar-refractivity contribution in [2.45, 2.75) is 32.2 Å². The van der Waals surface area contributed by atoms with E-state index in [0.717, 1.165) is 30.9 Å². The average molecular weight is 276 g/mol. The lowest BCUT2D eigenvalue weighted by Crippen LogP contribution is -2.38. The van der Waals surface area contributed by atoms with Crippen LogP contribution in [0.5, 0.6) is 0 Å². The van der Waals surface area contributed by atoms with Crippen molar-refractivity contribution < 1.29 is 4.79 Å². The molecule has 20 heavy (non-hydrogen) atoms. The molecule has 1 atom stereocenters. The van der Waals surface area contributed by atoms with Gasteiger partial charge >= 0.3 is 0 Å². The number of carbonyl (C=O) groups excluding carboxylic acids is 1. The molecule has 1 saturated heterocycles. The molecule has 0 bridgehead atoms. The predicted octanol–water partition coefficient (Wildman–Crippen LogP) is 1.51. The third kappa shape index (κ3) is 3.48. The minimum Gasteiger partial charge on any atom is -0.373 e. The summed E-state index contributed by atoms with van der Waals surface area (Å²) in [6, 6.07) is 4.14. The number of rotatable bonds is 5. The molecule has 0 aromatic carbocycles. The van der Waals surface area contributed by atoms with Crippen molar-refractivity contribution in [3.8, 4) is 0 Å². The van der Waals surface area contributed by atoms with Crippen molar-refractivity contribution in [2.75, 3.05) is 32.5 Å². The number of aromatic nitrogens is 1. The molecule has 2 N–H and O–H groups in total.